The molecule has 1 atom stereocenters. The fourth-order valence-electron chi connectivity index (χ4n) is 1.32. The minimum Gasteiger partial charge on any atom is -0.365 e. The number of tetrazole rings is 1. The molecule has 1 unspecified atom stereocenters. The molecule has 6 nitrogen and oxygen atoms in total. The molecular weight excluding hydrogens is 224 g/mol. The highest BCUT2D eigenvalue weighted by Crippen LogP contribution is 2.08. The smallest absolute Gasteiger partial charge is 0.200 e. The van der Waals surface area contributed by atoms with E-state index in [1.54, 1.807) is 0 Å². The lowest BCUT2D eigenvalue weighted by Gasteiger charge is -2.12. The third-order valence-corrected chi connectivity index (χ3v) is 3.18. The summed E-state index contributed by atoms with van der Waals surface area (Å²) >= 11 is 1.90. The van der Waals surface area contributed by atoms with Gasteiger partial charge in [-0.15, -0.1) is 14.8 Å². The highest BCUT2D eigenvalue weighted by Gasteiger charge is 2.04. The first kappa shape index (κ1) is 11.1. The van der Waals surface area contributed by atoms with Gasteiger partial charge in [0.2, 0.25) is 0 Å². The summed E-state index contributed by atoms with van der Waals surface area (Å²) in [5.41, 5.74) is 0.654. The van der Waals surface area contributed by atoms with Crippen LogP contribution in [0.25, 0.3) is 5.65 Å². The third-order valence-electron chi connectivity index (χ3n) is 2.04. The Bertz CT molecular complexity index is 456. The van der Waals surface area contributed by atoms with Crippen molar-refractivity contribution in [3.8, 4) is 0 Å². The van der Waals surface area contributed by atoms with E-state index in [4.69, 9.17) is 0 Å². The van der Waals surface area contributed by atoms with Crippen LogP contribution in [0.4, 0.5) is 5.82 Å². The molecule has 2 heterocycles. The minimum absolute atomic E-state index is 0.381. The lowest BCUT2D eigenvalue weighted by molar-refractivity contribution is 0.729. The van der Waals surface area contributed by atoms with Crippen molar-refractivity contribution >= 4 is 23.2 Å². The second-order valence-electron chi connectivity index (χ2n) is 3.45. The lowest BCUT2D eigenvalue weighted by atomic mass is 10.4. The van der Waals surface area contributed by atoms with Gasteiger partial charge in [-0.2, -0.15) is 11.8 Å². The van der Waals surface area contributed by atoms with Crippen molar-refractivity contribution < 1.29 is 0 Å². The standard InChI is InChI=1S/C9H14N6S/c1-3-16-6-7(2)10-8-4-5-9-11-13-14-15(9)12-8/h4-5,7H,3,6H2,1-2H3,(H,10,12). The van der Waals surface area contributed by atoms with Crippen LogP contribution in [-0.2, 0) is 0 Å². The number of fused-ring (bicyclic) bond motifs is 1. The predicted molar refractivity (Wildman–Crippen MR) is 64.7 cm³/mol. The van der Waals surface area contributed by atoms with Gasteiger partial charge >= 0.3 is 0 Å². The van der Waals surface area contributed by atoms with E-state index in [1.807, 2.05) is 23.9 Å². The SMILES string of the molecule is CCSCC(C)Nc1ccc2nnnn2n1. The molecule has 0 spiro atoms. The van der Waals surface area contributed by atoms with Crippen LogP contribution >= 0.6 is 11.8 Å². The van der Waals surface area contributed by atoms with Gasteiger partial charge in [-0.1, -0.05) is 6.92 Å². The van der Waals surface area contributed by atoms with Gasteiger partial charge in [0.1, 0.15) is 5.82 Å². The van der Waals surface area contributed by atoms with Crippen molar-refractivity contribution in [1.82, 2.24) is 25.3 Å². The van der Waals surface area contributed by atoms with Crippen molar-refractivity contribution in [2.45, 2.75) is 19.9 Å². The number of anilines is 1. The number of thioether (sulfide) groups is 1. The molecule has 0 aliphatic heterocycles. The van der Waals surface area contributed by atoms with Crippen LogP contribution in [0, 0.1) is 0 Å². The summed E-state index contributed by atoms with van der Waals surface area (Å²) in [5.74, 6) is 2.99. The topological polar surface area (TPSA) is 68.0 Å². The highest BCUT2D eigenvalue weighted by atomic mass is 32.2. The van der Waals surface area contributed by atoms with Gasteiger partial charge < -0.3 is 5.32 Å². The number of aromatic nitrogens is 5. The van der Waals surface area contributed by atoms with E-state index in [1.165, 1.54) is 4.63 Å². The number of hydrogen-bond acceptors (Lipinski definition) is 6. The van der Waals surface area contributed by atoms with Crippen LogP contribution in [0.5, 0.6) is 0 Å². The quantitative estimate of drug-likeness (QED) is 0.840. The molecule has 0 saturated heterocycles. The van der Waals surface area contributed by atoms with Crippen LogP contribution in [0.15, 0.2) is 12.1 Å². The molecule has 2 rings (SSSR count). The lowest BCUT2D eigenvalue weighted by Crippen LogP contribution is -2.19. The first-order valence-electron chi connectivity index (χ1n) is 5.19. The Morgan fingerprint density at radius 3 is 3.19 bits per heavy atom. The molecule has 0 aliphatic carbocycles. The van der Waals surface area contributed by atoms with E-state index in [-0.39, 0.29) is 0 Å². The summed E-state index contributed by atoms with van der Waals surface area (Å²) in [6, 6.07) is 4.11. The van der Waals surface area contributed by atoms with Crippen LogP contribution < -0.4 is 5.32 Å². The van der Waals surface area contributed by atoms with Crippen molar-refractivity contribution in [3.63, 3.8) is 0 Å². The van der Waals surface area contributed by atoms with Crippen LogP contribution in [0.2, 0.25) is 0 Å². The zero-order valence-electron chi connectivity index (χ0n) is 9.29. The molecule has 0 radical (unpaired) electrons. The number of hydrogen-bond donors (Lipinski definition) is 1. The van der Waals surface area contributed by atoms with E-state index >= 15 is 0 Å². The van der Waals surface area contributed by atoms with E-state index in [0.717, 1.165) is 17.3 Å². The predicted octanol–water partition coefficient (Wildman–Crippen LogP) is 1.07. The molecule has 86 valence electrons. The summed E-state index contributed by atoms with van der Waals surface area (Å²) in [6.45, 7) is 4.29. The molecule has 0 bridgehead atoms. The Kier molecular flexibility index (Phi) is 3.55. The Morgan fingerprint density at radius 2 is 2.38 bits per heavy atom. The highest BCUT2D eigenvalue weighted by molar-refractivity contribution is 7.99. The molecule has 0 amide bonds. The maximum absolute atomic E-state index is 4.24. The average Bonchev–Trinajstić information content (AvgIpc) is 2.73. The summed E-state index contributed by atoms with van der Waals surface area (Å²) < 4.78 is 1.42. The van der Waals surface area contributed by atoms with Crippen molar-refractivity contribution in [3.05, 3.63) is 12.1 Å². The maximum atomic E-state index is 4.24. The fraction of sp³-hybridized carbons (Fsp3) is 0.556. The second kappa shape index (κ2) is 5.11. The molecule has 2 aromatic rings. The zero-order chi connectivity index (χ0) is 11.4. The van der Waals surface area contributed by atoms with Crippen LogP contribution in [-0.4, -0.2) is 42.8 Å². The van der Waals surface area contributed by atoms with Crippen LogP contribution in [0.1, 0.15) is 13.8 Å². The molecule has 7 heteroatoms. The number of nitrogens with zero attached hydrogens (tertiary/aromatic N) is 5. The summed E-state index contributed by atoms with van der Waals surface area (Å²) in [6.07, 6.45) is 0. The number of nitrogens with one attached hydrogen (secondary N) is 1. The van der Waals surface area contributed by atoms with Gasteiger partial charge in [0, 0.05) is 11.8 Å². The Morgan fingerprint density at radius 1 is 1.50 bits per heavy atom. The molecule has 0 fully saturated rings. The minimum atomic E-state index is 0.381. The second-order valence-corrected chi connectivity index (χ2v) is 4.77. The van der Waals surface area contributed by atoms with Gasteiger partial charge in [-0.25, -0.2) is 0 Å². The van der Waals surface area contributed by atoms with Gasteiger partial charge in [-0.3, -0.25) is 0 Å². The van der Waals surface area contributed by atoms with Gasteiger partial charge in [0.25, 0.3) is 0 Å². The third kappa shape index (κ3) is 2.60. The van der Waals surface area contributed by atoms with Crippen molar-refractivity contribution in [1.29, 1.82) is 0 Å². The summed E-state index contributed by atoms with van der Waals surface area (Å²) in [5, 5.41) is 18.6. The van der Waals surface area contributed by atoms with E-state index < -0.39 is 0 Å². The Hall–Kier alpha value is -1.37. The Labute approximate surface area is 97.8 Å². The molecular formula is C9H14N6S. The van der Waals surface area contributed by atoms with Crippen LogP contribution in [0.3, 0.4) is 0 Å². The zero-order valence-corrected chi connectivity index (χ0v) is 10.1. The van der Waals surface area contributed by atoms with Gasteiger partial charge in [0.05, 0.1) is 0 Å². The fourth-order valence-corrected chi connectivity index (χ4v) is 1.99. The molecule has 0 saturated carbocycles. The molecule has 2 aromatic heterocycles. The van der Waals surface area contributed by atoms with E-state index in [9.17, 15) is 0 Å². The molecule has 16 heavy (non-hydrogen) atoms. The van der Waals surface area contributed by atoms with Gasteiger partial charge in [0.15, 0.2) is 5.65 Å². The van der Waals surface area contributed by atoms with Crippen molar-refractivity contribution in [2.24, 2.45) is 0 Å². The van der Waals surface area contributed by atoms with E-state index in [2.05, 4.69) is 39.8 Å². The first-order chi connectivity index (χ1) is 7.79. The molecule has 0 aliphatic rings. The van der Waals surface area contributed by atoms with Crippen molar-refractivity contribution in [2.75, 3.05) is 16.8 Å². The number of rotatable bonds is 5. The monoisotopic (exact) mass is 238 g/mol. The van der Waals surface area contributed by atoms with E-state index in [0.29, 0.717) is 11.7 Å². The summed E-state index contributed by atoms with van der Waals surface area (Å²) in [7, 11) is 0. The average molecular weight is 238 g/mol. The maximum Gasteiger partial charge on any atom is 0.200 e. The molecule has 0 aromatic carbocycles. The first-order valence-corrected chi connectivity index (χ1v) is 6.34. The van der Waals surface area contributed by atoms with Gasteiger partial charge in [-0.05, 0) is 35.2 Å². The Balaban J connectivity index is 2.03. The largest absolute Gasteiger partial charge is 0.365 e. The normalized spacial score (nSPS) is 12.9. The summed E-state index contributed by atoms with van der Waals surface area (Å²) in [4.78, 5) is 0. The molecule has 1 N–H and O–H groups in total.